The average Bonchev–Trinajstić information content (AvgIpc) is 2.46. The summed E-state index contributed by atoms with van der Waals surface area (Å²) in [5, 5.41) is 0. The van der Waals surface area contributed by atoms with Crippen LogP contribution in [0, 0.1) is 5.82 Å². The molecular weight excluding hydrogens is 275 g/mol. The molecule has 1 rings (SSSR count). The van der Waals surface area contributed by atoms with Gasteiger partial charge in [-0.2, -0.15) is 4.99 Å². The lowest BCUT2D eigenvalue weighted by molar-refractivity contribution is 0.0981. The zero-order valence-electron chi connectivity index (χ0n) is 12.8. The molecule has 1 aromatic carbocycles. The minimum absolute atomic E-state index is 0.118. The van der Waals surface area contributed by atoms with Gasteiger partial charge in [-0.3, -0.25) is 4.79 Å². The van der Waals surface area contributed by atoms with Crippen LogP contribution in [0.3, 0.4) is 0 Å². The highest BCUT2D eigenvalue weighted by molar-refractivity contribution is 6.01. The molecule has 0 aliphatic heterocycles. The Labute approximate surface area is 124 Å². The highest BCUT2D eigenvalue weighted by Gasteiger charge is 2.15. The second-order valence-corrected chi connectivity index (χ2v) is 4.75. The third kappa shape index (κ3) is 5.51. The predicted molar refractivity (Wildman–Crippen MR) is 78.9 cm³/mol. The van der Waals surface area contributed by atoms with Crippen LogP contribution in [-0.2, 0) is 9.47 Å². The molecule has 0 atom stereocenters. The third-order valence-electron chi connectivity index (χ3n) is 2.88. The SMILES string of the molecule is COCCOC(=NC(=O)c1ccc(F)cc1)N(C)C(C)C. The van der Waals surface area contributed by atoms with Crippen LogP contribution >= 0.6 is 0 Å². The van der Waals surface area contributed by atoms with E-state index in [0.717, 1.165) is 0 Å². The van der Waals surface area contributed by atoms with Gasteiger partial charge in [0.15, 0.2) is 0 Å². The lowest BCUT2D eigenvalue weighted by Crippen LogP contribution is -2.36. The van der Waals surface area contributed by atoms with Crippen molar-refractivity contribution in [1.82, 2.24) is 4.90 Å². The van der Waals surface area contributed by atoms with Gasteiger partial charge in [0.25, 0.3) is 11.9 Å². The minimum Gasteiger partial charge on any atom is -0.462 e. The summed E-state index contributed by atoms with van der Waals surface area (Å²) < 4.78 is 23.2. The molecule has 6 heteroatoms. The van der Waals surface area contributed by atoms with Crippen molar-refractivity contribution in [2.24, 2.45) is 4.99 Å². The maximum absolute atomic E-state index is 12.9. The van der Waals surface area contributed by atoms with Crippen molar-refractivity contribution in [3.63, 3.8) is 0 Å². The number of benzene rings is 1. The molecule has 21 heavy (non-hydrogen) atoms. The summed E-state index contributed by atoms with van der Waals surface area (Å²) in [6, 6.07) is 5.57. The molecule has 1 amide bonds. The molecule has 0 spiro atoms. The van der Waals surface area contributed by atoms with E-state index in [0.29, 0.717) is 18.8 Å². The van der Waals surface area contributed by atoms with Crippen molar-refractivity contribution in [3.05, 3.63) is 35.6 Å². The van der Waals surface area contributed by atoms with Crippen LogP contribution in [0.2, 0.25) is 0 Å². The number of hydrogen-bond acceptors (Lipinski definition) is 3. The highest BCUT2D eigenvalue weighted by atomic mass is 19.1. The molecule has 116 valence electrons. The van der Waals surface area contributed by atoms with Gasteiger partial charge in [-0.1, -0.05) is 0 Å². The quantitative estimate of drug-likeness (QED) is 0.475. The Morgan fingerprint density at radius 3 is 2.43 bits per heavy atom. The summed E-state index contributed by atoms with van der Waals surface area (Å²) in [6.45, 7) is 4.61. The number of methoxy groups -OCH3 is 1. The van der Waals surface area contributed by atoms with Gasteiger partial charge in [-0.25, -0.2) is 4.39 Å². The Bertz CT molecular complexity index is 486. The first-order chi connectivity index (χ1) is 9.95. The van der Waals surface area contributed by atoms with Gasteiger partial charge in [0.1, 0.15) is 12.4 Å². The number of halogens is 1. The fourth-order valence-corrected chi connectivity index (χ4v) is 1.39. The van der Waals surface area contributed by atoms with E-state index in [-0.39, 0.29) is 12.1 Å². The number of amidine groups is 1. The lowest BCUT2D eigenvalue weighted by Gasteiger charge is -2.24. The topological polar surface area (TPSA) is 51.1 Å². The summed E-state index contributed by atoms with van der Waals surface area (Å²) in [5.74, 6) is -0.874. The van der Waals surface area contributed by atoms with Crippen molar-refractivity contribution in [2.45, 2.75) is 19.9 Å². The molecule has 0 fully saturated rings. The van der Waals surface area contributed by atoms with E-state index >= 15 is 0 Å². The summed E-state index contributed by atoms with van der Waals surface area (Å²) in [7, 11) is 3.35. The maximum atomic E-state index is 12.9. The first-order valence-electron chi connectivity index (χ1n) is 6.69. The molecular formula is C15H21FN2O3. The number of aliphatic imine (C=N–C) groups is 1. The van der Waals surface area contributed by atoms with E-state index < -0.39 is 11.7 Å². The molecule has 0 saturated carbocycles. The first kappa shape index (κ1) is 17.1. The Hall–Kier alpha value is -1.95. The molecule has 0 unspecified atom stereocenters. The first-order valence-corrected chi connectivity index (χ1v) is 6.69. The van der Waals surface area contributed by atoms with Crippen LogP contribution in [0.4, 0.5) is 4.39 Å². The van der Waals surface area contributed by atoms with Gasteiger partial charge < -0.3 is 14.4 Å². The maximum Gasteiger partial charge on any atom is 0.295 e. The Morgan fingerprint density at radius 1 is 1.29 bits per heavy atom. The molecule has 0 aromatic heterocycles. The van der Waals surface area contributed by atoms with Gasteiger partial charge in [-0.05, 0) is 38.1 Å². The normalized spacial score (nSPS) is 11.6. The summed E-state index contributed by atoms with van der Waals surface area (Å²) >= 11 is 0. The second kappa shape index (κ2) is 8.36. The summed E-state index contributed by atoms with van der Waals surface area (Å²) in [4.78, 5) is 17.8. The summed E-state index contributed by atoms with van der Waals surface area (Å²) in [5.41, 5.74) is 0.307. The van der Waals surface area contributed by atoms with Crippen LogP contribution in [0.25, 0.3) is 0 Å². The van der Waals surface area contributed by atoms with Crippen molar-refractivity contribution in [1.29, 1.82) is 0 Å². The van der Waals surface area contributed by atoms with E-state index in [1.807, 2.05) is 13.8 Å². The van der Waals surface area contributed by atoms with E-state index in [4.69, 9.17) is 9.47 Å². The smallest absolute Gasteiger partial charge is 0.295 e. The monoisotopic (exact) mass is 296 g/mol. The third-order valence-corrected chi connectivity index (χ3v) is 2.88. The van der Waals surface area contributed by atoms with Gasteiger partial charge in [0.2, 0.25) is 0 Å². The van der Waals surface area contributed by atoms with Crippen LogP contribution < -0.4 is 0 Å². The molecule has 0 heterocycles. The fraction of sp³-hybridized carbons (Fsp3) is 0.467. The largest absolute Gasteiger partial charge is 0.462 e. The molecule has 0 N–H and O–H groups in total. The number of carbonyl (C=O) groups excluding carboxylic acids is 1. The molecule has 0 radical (unpaired) electrons. The number of carbonyl (C=O) groups is 1. The molecule has 0 aliphatic rings. The number of amides is 1. The zero-order chi connectivity index (χ0) is 15.8. The molecule has 0 aliphatic carbocycles. The predicted octanol–water partition coefficient (Wildman–Crippen LogP) is 2.33. The molecule has 0 saturated heterocycles. The summed E-state index contributed by atoms with van der Waals surface area (Å²) in [6.07, 6.45) is 0. The molecule has 0 bridgehead atoms. The van der Waals surface area contributed by atoms with E-state index in [1.54, 1.807) is 19.1 Å². The highest BCUT2D eigenvalue weighted by Crippen LogP contribution is 2.06. The van der Waals surface area contributed by atoms with E-state index in [2.05, 4.69) is 4.99 Å². The van der Waals surface area contributed by atoms with Crippen LogP contribution in [0.5, 0.6) is 0 Å². The number of rotatable bonds is 5. The van der Waals surface area contributed by atoms with Crippen molar-refractivity contribution < 1.29 is 18.7 Å². The van der Waals surface area contributed by atoms with Crippen molar-refractivity contribution in [3.8, 4) is 0 Å². The van der Waals surface area contributed by atoms with Gasteiger partial charge >= 0.3 is 0 Å². The minimum atomic E-state index is -0.477. The van der Waals surface area contributed by atoms with E-state index in [9.17, 15) is 9.18 Å². The Morgan fingerprint density at radius 2 is 1.90 bits per heavy atom. The van der Waals surface area contributed by atoms with Crippen molar-refractivity contribution >= 4 is 11.9 Å². The Kier molecular flexibility index (Phi) is 6.81. The number of nitrogens with zero attached hydrogens (tertiary/aromatic N) is 2. The van der Waals surface area contributed by atoms with Crippen LogP contribution in [0.15, 0.2) is 29.3 Å². The molecule has 1 aromatic rings. The zero-order valence-corrected chi connectivity index (χ0v) is 12.8. The number of hydrogen-bond donors (Lipinski definition) is 0. The Balaban J connectivity index is 2.89. The van der Waals surface area contributed by atoms with Gasteiger partial charge in [-0.15, -0.1) is 0 Å². The van der Waals surface area contributed by atoms with Crippen molar-refractivity contribution in [2.75, 3.05) is 27.4 Å². The van der Waals surface area contributed by atoms with Gasteiger partial charge in [0.05, 0.1) is 6.61 Å². The van der Waals surface area contributed by atoms with E-state index in [1.165, 1.54) is 24.3 Å². The van der Waals surface area contributed by atoms with Crippen LogP contribution in [-0.4, -0.2) is 50.2 Å². The second-order valence-electron chi connectivity index (χ2n) is 4.75. The average molecular weight is 296 g/mol. The lowest BCUT2D eigenvalue weighted by atomic mass is 10.2. The standard InChI is InChI=1S/C15H21FN2O3/c1-11(2)18(3)15(21-10-9-20-4)17-14(19)12-5-7-13(16)8-6-12/h5-8,11H,9-10H2,1-4H3. The van der Waals surface area contributed by atoms with Gasteiger partial charge in [0, 0.05) is 25.8 Å². The fourth-order valence-electron chi connectivity index (χ4n) is 1.39. The number of ether oxygens (including phenoxy) is 2. The van der Waals surface area contributed by atoms with Crippen LogP contribution in [0.1, 0.15) is 24.2 Å². The molecule has 5 nitrogen and oxygen atoms in total.